The van der Waals surface area contributed by atoms with E-state index in [-0.39, 0.29) is 160 Å². The van der Waals surface area contributed by atoms with Gasteiger partial charge in [0.15, 0.2) is 11.6 Å². The zero-order valence-corrected chi connectivity index (χ0v) is 80.7. The lowest BCUT2D eigenvalue weighted by molar-refractivity contribution is -0.149. The van der Waals surface area contributed by atoms with Gasteiger partial charge in [-0.25, -0.2) is 43.6 Å². The fourth-order valence-electron chi connectivity index (χ4n) is 19.1. The van der Waals surface area contributed by atoms with Crippen LogP contribution in [0.2, 0.25) is 0 Å². The van der Waals surface area contributed by atoms with Gasteiger partial charge < -0.3 is 30.5 Å². The molecule has 5 fully saturated rings. The number of halogens is 1. The van der Waals surface area contributed by atoms with Gasteiger partial charge in [0, 0.05) is 134 Å². The summed E-state index contributed by atoms with van der Waals surface area (Å²) in [4.78, 5) is 120. The molecule has 8 heterocycles. The molecule has 1 saturated carbocycles. The first kappa shape index (κ1) is 106. The van der Waals surface area contributed by atoms with Crippen LogP contribution in [0.1, 0.15) is 306 Å². The Morgan fingerprint density at radius 2 is 1.03 bits per heavy atom. The molecule has 0 bridgehead atoms. The SMILES string of the molecule is C.C.C.CCN1S(=O)(=O)CC(c2ccc(NC(=O)C3=NC(C)=CC3)c(C3=CCCCC3)c2)CS1(=O)=O.Cc1cnc(C(=O)Cc2ccc(C3CS(=O)(=O)N(C)S(=O)(=O)C3)cc2C2=CCC(C)(C)CC2)[nH]1.O=C1CC(c2ccc(NC(=O)C3=NC(Cl)=CC3)c(C3=CCC4(CCC4)CC3)c2)CC(=O)N1.[C-]#[N+]c1ccc(C(=O)Nc2ccc(C3CC(=O)N(CCO)C(=O)C3)cc2C2=CCC(C)(C)CC2)o1. The van der Waals surface area contributed by atoms with Gasteiger partial charge in [0.2, 0.25) is 69.5 Å². The Hall–Kier alpha value is -11.0. The molecule has 6 aliphatic heterocycles. The molecule has 0 unspecified atom stereocenters. The number of ketones is 1. The van der Waals surface area contributed by atoms with Crippen molar-refractivity contribution in [3.63, 3.8) is 0 Å². The van der Waals surface area contributed by atoms with E-state index in [1.807, 2.05) is 62.4 Å². The Morgan fingerprint density at radius 1 is 0.555 bits per heavy atom. The second-order valence-corrected chi connectivity index (χ2v) is 47.0. The number of imidazole rings is 1. The molecule has 734 valence electrons. The number of aliphatic imine (C=N–C) groups is 2. The summed E-state index contributed by atoms with van der Waals surface area (Å²) in [6.45, 7) is 20.8. The number of aliphatic hydroxyl groups is 1. The Labute approximate surface area is 810 Å². The molecule has 6 N–H and O–H groups in total. The van der Waals surface area contributed by atoms with Crippen LogP contribution < -0.4 is 21.3 Å². The number of rotatable bonds is 20. The predicted octanol–water partition coefficient (Wildman–Crippen LogP) is 18.5. The van der Waals surface area contributed by atoms with Crippen molar-refractivity contribution in [3.05, 3.63) is 217 Å². The summed E-state index contributed by atoms with van der Waals surface area (Å²) in [6, 6.07) is 25.2. The number of piperidine rings is 2. The van der Waals surface area contributed by atoms with Gasteiger partial charge in [-0.2, -0.15) is 4.85 Å². The summed E-state index contributed by atoms with van der Waals surface area (Å²) in [5.41, 5.74) is 17.3. The number of sulfonamides is 4. The first-order valence-corrected chi connectivity index (χ1v) is 52.5. The smallest absolute Gasteiger partial charge is 0.346 e. The number of H-pyrrole nitrogens is 1. The molecular formula is C102H127ClN12O18S4. The zero-order valence-electron chi connectivity index (χ0n) is 76.7. The summed E-state index contributed by atoms with van der Waals surface area (Å²) >= 11 is 5.91. The van der Waals surface area contributed by atoms with Crippen LogP contribution in [-0.2, 0) is 75.3 Å². The molecule has 1 spiro atoms. The number of benzene rings is 4. The average molecular weight is 1970 g/mol. The molecule has 0 radical (unpaired) electrons. The molecule has 11 aliphatic rings. The first-order chi connectivity index (χ1) is 63.5. The molecule has 4 aromatic carbocycles. The highest BCUT2D eigenvalue weighted by Gasteiger charge is 2.45. The van der Waals surface area contributed by atoms with Crippen LogP contribution in [0.5, 0.6) is 0 Å². The molecule has 2 aromatic heterocycles. The molecule has 17 rings (SSSR count). The molecule has 7 amide bonds. The molecule has 4 saturated heterocycles. The van der Waals surface area contributed by atoms with Crippen molar-refractivity contribution in [1.29, 1.82) is 0 Å². The van der Waals surface area contributed by atoms with Crippen molar-refractivity contribution in [2.45, 2.75) is 242 Å². The van der Waals surface area contributed by atoms with Crippen LogP contribution in [0.4, 0.5) is 22.9 Å². The summed E-state index contributed by atoms with van der Waals surface area (Å²) in [5, 5.41) is 20.7. The minimum Gasteiger partial charge on any atom is -0.475 e. The molecule has 0 atom stereocenters. The number of amides is 7. The molecule has 35 heteroatoms. The van der Waals surface area contributed by atoms with Crippen LogP contribution in [0.15, 0.2) is 153 Å². The summed E-state index contributed by atoms with van der Waals surface area (Å²) < 4.78 is 107. The second-order valence-electron chi connectivity index (χ2n) is 38.1. The lowest BCUT2D eigenvalue weighted by Crippen LogP contribution is -2.47. The standard InChI is InChI=1S/C27H29N3O5.C25H26ClN3O3.C24H31N3O5S2.C23H29N3O5S2.3CH4/c1-27(2)10-8-17(9-11-27)20-14-18(19-15-24(32)30(12-13-31)25(33)16-19)4-5-21(20)29-26(34)22-6-7-23(28-3)35-22;26-21-5-4-20(27-21)24(32)28-19-3-2-16(17-13-22(30)29-23(31)14-17)12-18(19)15-6-10-25(11-7-15)8-1-9-25;1-16-13-25-23(26-16)22(28)12-19-6-5-18(11-21(19)17-7-9-24(2,3)10-8-17)20-14-33(29,30)27(4)34(31,32)15-20;1-3-26-32(28,29)14-19(15-33(26,30)31)18-10-12-21(20(13-18)17-7-5-4-6-8-17)25-23(27)22-11-9-16(2)24-22;;;/h4-8,14,19,31H,9-13,15-16H2,1-2H3,(H,29,34);2-3,5-6,12,17H,1,4,7-11,13-14H2,(H,28,32)(H,29,30,31);5-7,11,13,20H,8-10,12,14-15H2,1-4H3,(H,25,26);7,9-10,12-13,19H,3-6,8,11,14-15H2,1-2H3,(H,25,27);3*1H4. The van der Waals surface area contributed by atoms with Gasteiger partial charge in [0.05, 0.1) is 42.7 Å². The number of aromatic amines is 1. The highest BCUT2D eigenvalue weighted by molar-refractivity contribution is 8.05. The topological polar surface area (TPSA) is 422 Å². The molecule has 137 heavy (non-hydrogen) atoms. The highest BCUT2D eigenvalue weighted by atomic mass is 35.5. The highest BCUT2D eigenvalue weighted by Crippen LogP contribution is 2.53. The number of nitrogens with one attached hydrogen (secondary N) is 5. The monoisotopic (exact) mass is 1970 g/mol. The second kappa shape index (κ2) is 44.0. The van der Waals surface area contributed by atoms with Gasteiger partial charge in [0.1, 0.15) is 16.6 Å². The molecular weight excluding hydrogens is 1840 g/mol. The van der Waals surface area contributed by atoms with Gasteiger partial charge in [0.25, 0.3) is 17.7 Å². The average Bonchev–Trinajstić information content (AvgIpc) is 0.934. The number of carbonyl (C=O) groups excluding carboxylic acids is 8. The van der Waals surface area contributed by atoms with E-state index < -0.39 is 57.8 Å². The number of imide groups is 2. The number of β-amino-alcohol motifs (C(OH)–C–C–N with tert-alkyl or cyclic N) is 1. The third kappa shape index (κ3) is 25.5. The van der Waals surface area contributed by atoms with E-state index in [4.69, 9.17) is 27.7 Å². The number of Topliss-reactive ketones (excluding diaryl/α,β-unsaturated/α-hetero) is 1. The maximum Gasteiger partial charge on any atom is 0.346 e. The molecule has 30 nitrogen and oxygen atoms in total. The largest absolute Gasteiger partial charge is 0.475 e. The van der Waals surface area contributed by atoms with Gasteiger partial charge in [-0.15, -0.1) is 0 Å². The van der Waals surface area contributed by atoms with Crippen molar-refractivity contribution in [3.8, 4) is 0 Å². The van der Waals surface area contributed by atoms with E-state index in [2.05, 4.69) is 104 Å². The number of anilines is 3. The predicted molar refractivity (Wildman–Crippen MR) is 537 cm³/mol. The third-order valence-corrected chi connectivity index (χ3v) is 36.8. The number of nitrogens with zero attached hydrogens (tertiary/aromatic N) is 7. The summed E-state index contributed by atoms with van der Waals surface area (Å²) in [7, 11) is -14.6. The van der Waals surface area contributed by atoms with Gasteiger partial charge in [-0.05, 0) is 237 Å². The normalized spacial score (nSPS) is 21.0. The summed E-state index contributed by atoms with van der Waals surface area (Å²) in [5.74, 6) is -4.55. The number of aryl methyl sites for hydroxylation is 1. The Bertz CT molecular complexity index is 6430. The minimum atomic E-state index is -3.92. The fraction of sp³-hybridized carbons (Fsp3) is 0.471. The zero-order chi connectivity index (χ0) is 96.2. The van der Waals surface area contributed by atoms with E-state index in [0.29, 0.717) is 83.4 Å². The lowest BCUT2D eigenvalue weighted by Gasteiger charge is -2.44. The van der Waals surface area contributed by atoms with E-state index in [1.54, 1.807) is 36.5 Å². The Kier molecular flexibility index (Phi) is 34.2. The quantitative estimate of drug-likeness (QED) is 0.0179. The van der Waals surface area contributed by atoms with Gasteiger partial charge >= 0.3 is 5.88 Å². The maximum absolute atomic E-state index is 12.9. The van der Waals surface area contributed by atoms with Crippen LogP contribution in [0.3, 0.4) is 0 Å². The fourth-order valence-corrected chi connectivity index (χ4v) is 27.9. The number of hydrogen-bond acceptors (Lipinski definition) is 21. The lowest BCUT2D eigenvalue weighted by atomic mass is 9.61. The number of aliphatic hydroxyl groups excluding tert-OH is 1. The minimum absolute atomic E-state index is 0. The van der Waals surface area contributed by atoms with Crippen molar-refractivity contribution >= 4 is 155 Å². The van der Waals surface area contributed by atoms with Crippen LogP contribution in [-0.4, -0.2) is 169 Å². The van der Waals surface area contributed by atoms with Crippen molar-refractivity contribution in [1.82, 2.24) is 27.6 Å². The van der Waals surface area contributed by atoms with Crippen molar-refractivity contribution in [2.75, 3.05) is 65.7 Å². The first-order valence-electron chi connectivity index (χ1n) is 45.6. The third-order valence-electron chi connectivity index (χ3n) is 27.2. The van der Waals surface area contributed by atoms with Crippen molar-refractivity contribution < 1.29 is 81.6 Å². The maximum atomic E-state index is 12.9. The Morgan fingerprint density at radius 3 is 1.46 bits per heavy atom. The Balaban J connectivity index is 0.000000174. The number of carbonyl (C=O) groups is 8. The van der Waals surface area contributed by atoms with Crippen LogP contribution >= 0.6 is 11.6 Å². The van der Waals surface area contributed by atoms with Crippen molar-refractivity contribution in [2.24, 2.45) is 26.2 Å². The van der Waals surface area contributed by atoms with Gasteiger partial charge in [-0.3, -0.25) is 53.6 Å². The number of likely N-dealkylation sites (tertiary alicyclic amines) is 1. The van der Waals surface area contributed by atoms with E-state index in [0.717, 1.165) is 168 Å². The van der Waals surface area contributed by atoms with Crippen LogP contribution in [0.25, 0.3) is 27.1 Å². The summed E-state index contributed by atoms with van der Waals surface area (Å²) in [6.07, 6.45) is 32.6. The van der Waals surface area contributed by atoms with Gasteiger partial charge in [-0.1, -0.05) is 149 Å². The number of furan rings is 1. The van der Waals surface area contributed by atoms with E-state index in [9.17, 15) is 72.0 Å². The van der Waals surface area contributed by atoms with Crippen LogP contribution in [0, 0.1) is 29.7 Å². The van der Waals surface area contributed by atoms with E-state index in [1.165, 1.54) is 43.9 Å². The molecule has 6 aromatic rings. The van der Waals surface area contributed by atoms with E-state index >= 15 is 0 Å². The number of hydrogen-bond donors (Lipinski definition) is 6. The molecule has 5 aliphatic carbocycles. The number of aromatic nitrogens is 2. The number of allylic oxidation sites excluding steroid dienone is 11.